The first-order valence-electron chi connectivity index (χ1n) is 5.06. The van der Waals surface area contributed by atoms with Crippen LogP contribution in [0.1, 0.15) is 6.92 Å². The Morgan fingerprint density at radius 1 is 1.13 bits per heavy atom. The van der Waals surface area contributed by atoms with Gasteiger partial charge < -0.3 is 9.84 Å². The minimum Gasteiger partial charge on any atom is -0.490 e. The molecule has 2 aromatic rings. The molecule has 0 aromatic heterocycles. The van der Waals surface area contributed by atoms with E-state index in [2.05, 4.69) is 0 Å². The average molecular weight is 202 g/mol. The molecular weight excluding hydrogens is 188 g/mol. The van der Waals surface area contributed by atoms with Crippen LogP contribution in [0.2, 0.25) is 0 Å². The third-order valence-corrected chi connectivity index (χ3v) is 2.23. The van der Waals surface area contributed by atoms with Crippen LogP contribution in [0, 0.1) is 0 Å². The van der Waals surface area contributed by atoms with Crippen molar-refractivity contribution in [2.75, 3.05) is 6.61 Å². The molecule has 0 saturated heterocycles. The molecule has 0 saturated carbocycles. The quantitative estimate of drug-likeness (QED) is 0.829. The summed E-state index contributed by atoms with van der Waals surface area (Å²) in [5.41, 5.74) is 0. The maximum atomic E-state index is 9.16. The number of aliphatic hydroxyl groups excluding tert-OH is 1. The maximum Gasteiger partial charge on any atom is 0.127 e. The van der Waals surface area contributed by atoms with Gasteiger partial charge in [0.05, 0.1) is 6.10 Å². The first kappa shape index (κ1) is 9.99. The molecule has 2 aromatic carbocycles. The van der Waals surface area contributed by atoms with E-state index in [-0.39, 0.29) is 0 Å². The Labute approximate surface area is 89.1 Å². The highest BCUT2D eigenvalue weighted by atomic mass is 16.5. The van der Waals surface area contributed by atoms with Gasteiger partial charge in [-0.3, -0.25) is 0 Å². The molecule has 0 fully saturated rings. The molecule has 0 heterocycles. The second-order valence-electron chi connectivity index (χ2n) is 3.64. The standard InChI is InChI=1S/C13H14O2/c1-10(14)9-15-13-8-4-6-11-5-2-3-7-12(11)13/h2-8,10,14H,9H2,1H3. The third kappa shape index (κ3) is 2.28. The van der Waals surface area contributed by atoms with Crippen LogP contribution in [0.5, 0.6) is 5.75 Å². The van der Waals surface area contributed by atoms with Crippen LogP contribution in [0.3, 0.4) is 0 Å². The lowest BCUT2D eigenvalue weighted by molar-refractivity contribution is 0.123. The Kier molecular flexibility index (Phi) is 2.88. The number of aliphatic hydroxyl groups is 1. The van der Waals surface area contributed by atoms with Gasteiger partial charge in [0.1, 0.15) is 12.4 Å². The summed E-state index contributed by atoms with van der Waals surface area (Å²) >= 11 is 0. The van der Waals surface area contributed by atoms with E-state index in [0.717, 1.165) is 16.5 Å². The van der Waals surface area contributed by atoms with Gasteiger partial charge in [-0.15, -0.1) is 0 Å². The second-order valence-corrected chi connectivity index (χ2v) is 3.64. The lowest BCUT2D eigenvalue weighted by Crippen LogP contribution is -2.12. The zero-order valence-corrected chi connectivity index (χ0v) is 8.68. The molecule has 1 N–H and O–H groups in total. The molecule has 0 aliphatic rings. The predicted molar refractivity (Wildman–Crippen MR) is 61.1 cm³/mol. The molecule has 0 aliphatic carbocycles. The molecular formula is C13H14O2. The summed E-state index contributed by atoms with van der Waals surface area (Å²) in [5, 5.41) is 11.4. The fraction of sp³-hybridized carbons (Fsp3) is 0.231. The Morgan fingerprint density at radius 3 is 2.67 bits per heavy atom. The third-order valence-electron chi connectivity index (χ3n) is 2.23. The van der Waals surface area contributed by atoms with Gasteiger partial charge in [-0.25, -0.2) is 0 Å². The lowest BCUT2D eigenvalue weighted by Gasteiger charge is -2.10. The minimum atomic E-state index is -0.441. The van der Waals surface area contributed by atoms with Gasteiger partial charge in [0.2, 0.25) is 0 Å². The Bertz CT molecular complexity index is 444. The number of rotatable bonds is 3. The number of benzene rings is 2. The normalized spacial score (nSPS) is 12.7. The van der Waals surface area contributed by atoms with E-state index < -0.39 is 6.10 Å². The Hall–Kier alpha value is -1.54. The van der Waals surface area contributed by atoms with E-state index in [9.17, 15) is 0 Å². The van der Waals surface area contributed by atoms with Crippen molar-refractivity contribution >= 4 is 10.8 Å². The van der Waals surface area contributed by atoms with Crippen LogP contribution >= 0.6 is 0 Å². The Balaban J connectivity index is 2.34. The molecule has 0 radical (unpaired) electrons. The van der Waals surface area contributed by atoms with Crippen LogP contribution < -0.4 is 4.74 Å². The molecule has 1 unspecified atom stereocenters. The van der Waals surface area contributed by atoms with Gasteiger partial charge in [-0.2, -0.15) is 0 Å². The summed E-state index contributed by atoms with van der Waals surface area (Å²) in [5.74, 6) is 0.828. The van der Waals surface area contributed by atoms with Crippen LogP contribution in [-0.4, -0.2) is 17.8 Å². The minimum absolute atomic E-state index is 0.327. The number of hydrogen-bond acceptors (Lipinski definition) is 2. The summed E-state index contributed by atoms with van der Waals surface area (Å²) in [4.78, 5) is 0. The molecule has 78 valence electrons. The number of fused-ring (bicyclic) bond motifs is 1. The topological polar surface area (TPSA) is 29.5 Å². The van der Waals surface area contributed by atoms with Crippen LogP contribution in [0.15, 0.2) is 42.5 Å². The molecule has 2 rings (SSSR count). The number of hydrogen-bond donors (Lipinski definition) is 1. The van der Waals surface area contributed by atoms with E-state index in [1.165, 1.54) is 0 Å². The van der Waals surface area contributed by atoms with E-state index in [1.807, 2.05) is 42.5 Å². The number of ether oxygens (including phenoxy) is 1. The summed E-state index contributed by atoms with van der Waals surface area (Å²) in [7, 11) is 0. The summed E-state index contributed by atoms with van der Waals surface area (Å²) in [6.45, 7) is 2.04. The van der Waals surface area contributed by atoms with Crippen LogP contribution in [-0.2, 0) is 0 Å². The van der Waals surface area contributed by atoms with Gasteiger partial charge in [0, 0.05) is 5.39 Å². The fourth-order valence-electron chi connectivity index (χ4n) is 1.53. The van der Waals surface area contributed by atoms with E-state index in [0.29, 0.717) is 6.61 Å². The van der Waals surface area contributed by atoms with Crippen molar-refractivity contribution in [2.45, 2.75) is 13.0 Å². The van der Waals surface area contributed by atoms with Gasteiger partial charge >= 0.3 is 0 Å². The average Bonchev–Trinajstić information content (AvgIpc) is 2.26. The molecule has 15 heavy (non-hydrogen) atoms. The second kappa shape index (κ2) is 4.32. The van der Waals surface area contributed by atoms with E-state index in [4.69, 9.17) is 9.84 Å². The van der Waals surface area contributed by atoms with E-state index >= 15 is 0 Å². The molecule has 0 aliphatic heterocycles. The van der Waals surface area contributed by atoms with Gasteiger partial charge in [-0.1, -0.05) is 36.4 Å². The van der Waals surface area contributed by atoms with Crippen molar-refractivity contribution in [3.8, 4) is 5.75 Å². The molecule has 0 spiro atoms. The van der Waals surface area contributed by atoms with Crippen molar-refractivity contribution in [3.63, 3.8) is 0 Å². The van der Waals surface area contributed by atoms with Crippen molar-refractivity contribution in [1.82, 2.24) is 0 Å². The van der Waals surface area contributed by atoms with Crippen LogP contribution in [0.25, 0.3) is 10.8 Å². The van der Waals surface area contributed by atoms with Crippen LogP contribution in [0.4, 0.5) is 0 Å². The van der Waals surface area contributed by atoms with Crippen molar-refractivity contribution < 1.29 is 9.84 Å². The first-order chi connectivity index (χ1) is 7.27. The summed E-state index contributed by atoms with van der Waals surface area (Å²) in [6.07, 6.45) is -0.441. The molecule has 0 amide bonds. The van der Waals surface area contributed by atoms with Crippen molar-refractivity contribution in [1.29, 1.82) is 0 Å². The highest BCUT2D eigenvalue weighted by molar-refractivity contribution is 5.88. The Morgan fingerprint density at radius 2 is 1.87 bits per heavy atom. The molecule has 0 bridgehead atoms. The van der Waals surface area contributed by atoms with Crippen molar-refractivity contribution in [3.05, 3.63) is 42.5 Å². The monoisotopic (exact) mass is 202 g/mol. The summed E-state index contributed by atoms with van der Waals surface area (Å²) < 4.78 is 5.53. The highest BCUT2D eigenvalue weighted by Gasteiger charge is 2.02. The molecule has 2 nitrogen and oxygen atoms in total. The molecule has 2 heteroatoms. The first-order valence-corrected chi connectivity index (χ1v) is 5.06. The smallest absolute Gasteiger partial charge is 0.127 e. The predicted octanol–water partition coefficient (Wildman–Crippen LogP) is 2.60. The zero-order chi connectivity index (χ0) is 10.7. The van der Waals surface area contributed by atoms with Crippen molar-refractivity contribution in [2.24, 2.45) is 0 Å². The maximum absolute atomic E-state index is 9.16. The van der Waals surface area contributed by atoms with Gasteiger partial charge in [0.25, 0.3) is 0 Å². The highest BCUT2D eigenvalue weighted by Crippen LogP contribution is 2.25. The zero-order valence-electron chi connectivity index (χ0n) is 8.68. The lowest BCUT2D eigenvalue weighted by atomic mass is 10.1. The van der Waals surface area contributed by atoms with Gasteiger partial charge in [-0.05, 0) is 18.4 Å². The largest absolute Gasteiger partial charge is 0.490 e. The molecule has 1 atom stereocenters. The van der Waals surface area contributed by atoms with Gasteiger partial charge in [0.15, 0.2) is 0 Å². The van der Waals surface area contributed by atoms with E-state index in [1.54, 1.807) is 6.92 Å². The SMILES string of the molecule is CC(O)COc1cccc2ccccc12. The summed E-state index contributed by atoms with van der Waals surface area (Å²) in [6, 6.07) is 14.0. The fourth-order valence-corrected chi connectivity index (χ4v) is 1.53.